The van der Waals surface area contributed by atoms with Crippen molar-refractivity contribution in [1.82, 2.24) is 4.72 Å². The third-order valence-corrected chi connectivity index (χ3v) is 4.59. The first kappa shape index (κ1) is 17.2. The van der Waals surface area contributed by atoms with Crippen molar-refractivity contribution in [2.75, 3.05) is 6.54 Å². The van der Waals surface area contributed by atoms with Crippen LogP contribution >= 0.6 is 23.2 Å². The molecule has 0 aliphatic heterocycles. The highest BCUT2D eigenvalue weighted by atomic mass is 35.5. The fraction of sp³-hybridized carbons (Fsp3) is 0.417. The second-order valence-electron chi connectivity index (χ2n) is 4.33. The molecule has 0 radical (unpaired) electrons. The minimum atomic E-state index is -3.76. The van der Waals surface area contributed by atoms with E-state index in [0.717, 1.165) is 0 Å². The van der Waals surface area contributed by atoms with Gasteiger partial charge in [0.2, 0.25) is 10.0 Å². The molecule has 1 rings (SSSR count). The van der Waals surface area contributed by atoms with Gasteiger partial charge in [0.25, 0.3) is 0 Å². The molecule has 0 fully saturated rings. The predicted octanol–water partition coefficient (Wildman–Crippen LogP) is 2.77. The van der Waals surface area contributed by atoms with Gasteiger partial charge in [-0.3, -0.25) is 4.79 Å². The lowest BCUT2D eigenvalue weighted by Gasteiger charge is -2.14. The number of nitrogens with one attached hydrogen (secondary N) is 1. The van der Waals surface area contributed by atoms with Crippen LogP contribution in [-0.4, -0.2) is 26.0 Å². The van der Waals surface area contributed by atoms with Gasteiger partial charge in [-0.05, 0) is 24.1 Å². The fourth-order valence-corrected chi connectivity index (χ4v) is 3.44. The summed E-state index contributed by atoms with van der Waals surface area (Å²) in [6, 6.07) is 4.00. The second kappa shape index (κ2) is 7.26. The monoisotopic (exact) mass is 339 g/mol. The molecule has 0 aromatic heterocycles. The maximum Gasteiger partial charge on any atom is 0.303 e. The zero-order valence-electron chi connectivity index (χ0n) is 10.8. The Morgan fingerprint density at radius 1 is 1.30 bits per heavy atom. The highest BCUT2D eigenvalue weighted by Gasteiger charge is 2.18. The highest BCUT2D eigenvalue weighted by Crippen LogP contribution is 2.22. The average molecular weight is 340 g/mol. The molecule has 2 N–H and O–H groups in total. The maximum absolute atomic E-state index is 12.1. The van der Waals surface area contributed by atoms with Gasteiger partial charge in [-0.25, -0.2) is 13.1 Å². The zero-order chi connectivity index (χ0) is 15.3. The molecule has 0 aliphatic carbocycles. The van der Waals surface area contributed by atoms with Crippen LogP contribution in [0.5, 0.6) is 0 Å². The van der Waals surface area contributed by atoms with E-state index in [2.05, 4.69) is 4.72 Å². The van der Waals surface area contributed by atoms with Crippen molar-refractivity contribution in [1.29, 1.82) is 0 Å². The number of halogens is 2. The number of carboxylic acids is 1. The molecule has 0 saturated carbocycles. The quantitative estimate of drug-likeness (QED) is 0.799. The Balaban J connectivity index is 2.81. The van der Waals surface area contributed by atoms with Gasteiger partial charge in [-0.2, -0.15) is 0 Å². The van der Waals surface area contributed by atoms with Crippen LogP contribution in [0.1, 0.15) is 19.8 Å². The summed E-state index contributed by atoms with van der Waals surface area (Å²) >= 11 is 11.5. The molecular weight excluding hydrogens is 325 g/mol. The first-order valence-corrected chi connectivity index (χ1v) is 8.16. The molecule has 5 nitrogen and oxygen atoms in total. The van der Waals surface area contributed by atoms with Crippen molar-refractivity contribution in [3.63, 3.8) is 0 Å². The number of sulfonamides is 1. The lowest BCUT2D eigenvalue weighted by molar-refractivity contribution is -0.138. The van der Waals surface area contributed by atoms with Crippen LogP contribution in [0.4, 0.5) is 0 Å². The number of carbonyl (C=O) groups is 1. The summed E-state index contributed by atoms with van der Waals surface area (Å²) in [5.41, 5.74) is 0. The van der Waals surface area contributed by atoms with Crippen molar-refractivity contribution >= 4 is 39.2 Å². The molecule has 0 heterocycles. The van der Waals surface area contributed by atoms with Gasteiger partial charge in [-0.1, -0.05) is 36.5 Å². The summed E-state index contributed by atoms with van der Waals surface area (Å²) in [6.07, 6.45) is 0.473. The van der Waals surface area contributed by atoms with E-state index in [9.17, 15) is 13.2 Å². The summed E-state index contributed by atoms with van der Waals surface area (Å²) in [6.45, 7) is 1.85. The van der Waals surface area contributed by atoms with Gasteiger partial charge < -0.3 is 5.11 Å². The summed E-state index contributed by atoms with van der Waals surface area (Å²) in [5.74, 6) is -1.22. The van der Waals surface area contributed by atoms with E-state index >= 15 is 0 Å². The molecule has 0 spiro atoms. The molecule has 0 bridgehead atoms. The standard InChI is InChI=1S/C12H15Cl2NO4S/c1-2-8(3-12(16)17)7-15-20(18,19)11-5-9(13)4-10(14)6-11/h4-6,8,15H,2-3,7H2,1H3,(H,16,17). The summed E-state index contributed by atoms with van der Waals surface area (Å²) in [7, 11) is -3.76. The van der Waals surface area contributed by atoms with E-state index in [4.69, 9.17) is 28.3 Å². The van der Waals surface area contributed by atoms with Gasteiger partial charge >= 0.3 is 5.97 Å². The number of hydrogen-bond acceptors (Lipinski definition) is 3. The first-order valence-electron chi connectivity index (χ1n) is 5.92. The third kappa shape index (κ3) is 5.28. The molecule has 1 atom stereocenters. The molecule has 8 heteroatoms. The zero-order valence-corrected chi connectivity index (χ0v) is 13.1. The van der Waals surface area contributed by atoms with Crippen LogP contribution < -0.4 is 4.72 Å². The fourth-order valence-electron chi connectivity index (χ4n) is 1.60. The molecule has 112 valence electrons. The van der Waals surface area contributed by atoms with Gasteiger partial charge in [-0.15, -0.1) is 0 Å². The number of rotatable bonds is 7. The van der Waals surface area contributed by atoms with Crippen LogP contribution in [0, 0.1) is 5.92 Å². The SMILES string of the molecule is CCC(CNS(=O)(=O)c1cc(Cl)cc(Cl)c1)CC(=O)O. The Labute approximate surface area is 127 Å². The van der Waals surface area contributed by atoms with E-state index in [-0.39, 0.29) is 33.8 Å². The van der Waals surface area contributed by atoms with E-state index in [0.29, 0.717) is 6.42 Å². The molecule has 0 saturated heterocycles. The van der Waals surface area contributed by atoms with Crippen molar-refractivity contribution in [3.8, 4) is 0 Å². The summed E-state index contributed by atoms with van der Waals surface area (Å²) in [5, 5.41) is 9.16. The highest BCUT2D eigenvalue weighted by molar-refractivity contribution is 7.89. The molecule has 1 aromatic rings. The normalized spacial score (nSPS) is 13.2. The Bertz CT molecular complexity index is 569. The third-order valence-electron chi connectivity index (χ3n) is 2.75. The second-order valence-corrected chi connectivity index (χ2v) is 6.97. The first-order chi connectivity index (χ1) is 9.24. The molecule has 0 aliphatic rings. The molecular formula is C12H15Cl2NO4S. The topological polar surface area (TPSA) is 83.5 Å². The molecule has 0 amide bonds. The predicted molar refractivity (Wildman–Crippen MR) is 77.7 cm³/mol. The number of hydrogen-bond donors (Lipinski definition) is 2. The largest absolute Gasteiger partial charge is 0.481 e. The summed E-state index contributed by atoms with van der Waals surface area (Å²) in [4.78, 5) is 10.6. The van der Waals surface area contributed by atoms with Gasteiger partial charge in [0, 0.05) is 23.0 Å². The number of aliphatic carboxylic acids is 1. The van der Waals surface area contributed by atoms with E-state index in [1.54, 1.807) is 6.92 Å². The molecule has 1 aromatic carbocycles. The van der Waals surface area contributed by atoms with Crippen LogP contribution in [0.15, 0.2) is 23.1 Å². The van der Waals surface area contributed by atoms with Crippen molar-refractivity contribution in [2.45, 2.75) is 24.7 Å². The average Bonchev–Trinajstić information content (AvgIpc) is 2.32. The van der Waals surface area contributed by atoms with Crippen molar-refractivity contribution in [3.05, 3.63) is 28.2 Å². The van der Waals surface area contributed by atoms with E-state index in [1.807, 2.05) is 0 Å². The number of carboxylic acid groups (broad SMARTS) is 1. The summed E-state index contributed by atoms with van der Waals surface area (Å²) < 4.78 is 26.5. The minimum absolute atomic E-state index is 0.0415. The molecule has 1 unspecified atom stereocenters. The van der Waals surface area contributed by atoms with E-state index < -0.39 is 16.0 Å². The van der Waals surface area contributed by atoms with Crippen molar-refractivity contribution in [2.24, 2.45) is 5.92 Å². The lowest BCUT2D eigenvalue weighted by Crippen LogP contribution is -2.30. The lowest BCUT2D eigenvalue weighted by atomic mass is 10.0. The van der Waals surface area contributed by atoms with Gasteiger partial charge in [0.05, 0.1) is 4.90 Å². The maximum atomic E-state index is 12.1. The van der Waals surface area contributed by atoms with Crippen molar-refractivity contribution < 1.29 is 18.3 Å². The Hall–Kier alpha value is -0.820. The Kier molecular flexibility index (Phi) is 6.26. The van der Waals surface area contributed by atoms with Crippen LogP contribution in [-0.2, 0) is 14.8 Å². The van der Waals surface area contributed by atoms with Gasteiger partial charge in [0.15, 0.2) is 0 Å². The van der Waals surface area contributed by atoms with E-state index in [1.165, 1.54) is 18.2 Å². The van der Waals surface area contributed by atoms with Crippen LogP contribution in [0.2, 0.25) is 10.0 Å². The smallest absolute Gasteiger partial charge is 0.303 e. The van der Waals surface area contributed by atoms with Crippen LogP contribution in [0.25, 0.3) is 0 Å². The van der Waals surface area contributed by atoms with Crippen LogP contribution in [0.3, 0.4) is 0 Å². The molecule has 20 heavy (non-hydrogen) atoms. The Morgan fingerprint density at radius 3 is 2.30 bits per heavy atom. The Morgan fingerprint density at radius 2 is 1.85 bits per heavy atom. The minimum Gasteiger partial charge on any atom is -0.481 e. The number of benzene rings is 1. The van der Waals surface area contributed by atoms with Gasteiger partial charge in [0.1, 0.15) is 0 Å².